The van der Waals surface area contributed by atoms with Gasteiger partial charge in [-0.3, -0.25) is 4.90 Å². The van der Waals surface area contributed by atoms with E-state index in [4.69, 9.17) is 10.5 Å². The summed E-state index contributed by atoms with van der Waals surface area (Å²) in [6, 6.07) is 5.83. The quantitative estimate of drug-likeness (QED) is 0.839. The van der Waals surface area contributed by atoms with Gasteiger partial charge in [0.25, 0.3) is 0 Å². The van der Waals surface area contributed by atoms with Crippen molar-refractivity contribution in [1.29, 1.82) is 0 Å². The summed E-state index contributed by atoms with van der Waals surface area (Å²) < 4.78 is 43.4. The molecule has 1 aliphatic heterocycles. The fourth-order valence-corrected chi connectivity index (χ4v) is 4.70. The zero-order chi connectivity index (χ0) is 18.3. The van der Waals surface area contributed by atoms with Gasteiger partial charge in [-0.2, -0.15) is 13.2 Å². The van der Waals surface area contributed by atoms with Gasteiger partial charge in [-0.25, -0.2) is 0 Å². The van der Waals surface area contributed by atoms with Crippen LogP contribution in [-0.4, -0.2) is 42.3 Å². The molecule has 3 N–H and O–H groups in total. The molecule has 0 amide bonds. The number of hydrogen-bond acceptors (Lipinski definition) is 3. The summed E-state index contributed by atoms with van der Waals surface area (Å²) in [5.74, 6) is 2.19. The summed E-state index contributed by atoms with van der Waals surface area (Å²) in [5.41, 5.74) is 7.61. The highest BCUT2D eigenvalue weighted by Crippen LogP contribution is 2.43. The van der Waals surface area contributed by atoms with Gasteiger partial charge in [0.05, 0.1) is 18.8 Å². The molecule has 2 aromatic rings. The third-order valence-electron chi connectivity index (χ3n) is 5.81. The van der Waals surface area contributed by atoms with Crippen LogP contribution in [0.4, 0.5) is 18.9 Å². The first-order chi connectivity index (χ1) is 12.4. The van der Waals surface area contributed by atoms with E-state index in [1.807, 2.05) is 18.2 Å². The van der Waals surface area contributed by atoms with Gasteiger partial charge >= 0.3 is 6.18 Å². The number of aromatic amines is 1. The first-order valence-electron chi connectivity index (χ1n) is 9.16. The molecule has 142 valence electrons. The molecule has 1 unspecified atom stereocenters. The van der Waals surface area contributed by atoms with Crippen molar-refractivity contribution in [1.82, 2.24) is 9.88 Å². The number of aromatic nitrogens is 1. The molecule has 4 rings (SSSR count). The lowest BCUT2D eigenvalue weighted by atomic mass is 10.0. The minimum absolute atomic E-state index is 0.415. The summed E-state index contributed by atoms with van der Waals surface area (Å²) in [7, 11) is 0. The standard InChI is InChI=1S/C19H24F3N3O/c20-19(21,22)11-25-9-13-5-12(6-14(13)10-25)3-4-26-15-1-2-18-16(7-15)17(23)8-24-18/h1-2,7-8,12-14,24H,3-6,9-11,23H2/t12-,13-,14?/m0/s1. The van der Waals surface area contributed by atoms with E-state index in [2.05, 4.69) is 4.98 Å². The third kappa shape index (κ3) is 3.77. The van der Waals surface area contributed by atoms with E-state index >= 15 is 0 Å². The summed E-state index contributed by atoms with van der Waals surface area (Å²) in [5, 5.41) is 0.961. The van der Waals surface area contributed by atoms with Crippen LogP contribution >= 0.6 is 0 Å². The molecule has 2 heterocycles. The number of nitrogens with one attached hydrogen (secondary N) is 1. The van der Waals surface area contributed by atoms with Crippen LogP contribution in [0.3, 0.4) is 0 Å². The first kappa shape index (κ1) is 17.5. The van der Waals surface area contributed by atoms with Crippen LogP contribution in [0.2, 0.25) is 0 Å². The van der Waals surface area contributed by atoms with Gasteiger partial charge in [-0.05, 0) is 55.2 Å². The predicted octanol–water partition coefficient (Wildman–Crippen LogP) is 4.04. The lowest BCUT2D eigenvalue weighted by molar-refractivity contribution is -0.144. The van der Waals surface area contributed by atoms with Gasteiger partial charge in [0.15, 0.2) is 0 Å². The predicted molar refractivity (Wildman–Crippen MR) is 95.0 cm³/mol. The second kappa shape index (κ2) is 6.68. The highest BCUT2D eigenvalue weighted by molar-refractivity contribution is 5.92. The number of alkyl halides is 3. The Balaban J connectivity index is 1.24. The number of halogens is 3. The number of anilines is 1. The van der Waals surface area contributed by atoms with Crippen molar-refractivity contribution in [2.45, 2.75) is 25.4 Å². The van der Waals surface area contributed by atoms with Gasteiger partial charge in [-0.1, -0.05) is 0 Å². The Hall–Kier alpha value is -1.89. The third-order valence-corrected chi connectivity index (χ3v) is 5.81. The Morgan fingerprint density at radius 2 is 1.92 bits per heavy atom. The lowest BCUT2D eigenvalue weighted by Gasteiger charge is -2.20. The maximum absolute atomic E-state index is 12.5. The highest BCUT2D eigenvalue weighted by Gasteiger charge is 2.43. The smallest absolute Gasteiger partial charge is 0.401 e. The number of H-pyrrole nitrogens is 1. The largest absolute Gasteiger partial charge is 0.494 e. The van der Waals surface area contributed by atoms with Gasteiger partial charge in [0, 0.05) is 30.2 Å². The van der Waals surface area contributed by atoms with Crippen LogP contribution < -0.4 is 10.5 Å². The fourth-order valence-electron chi connectivity index (χ4n) is 4.70. The Bertz CT molecular complexity index is 759. The van der Waals surface area contributed by atoms with E-state index in [0.717, 1.165) is 35.9 Å². The summed E-state index contributed by atoms with van der Waals surface area (Å²) in [4.78, 5) is 4.67. The second-order valence-electron chi connectivity index (χ2n) is 7.76. The van der Waals surface area contributed by atoms with Crippen molar-refractivity contribution in [2.24, 2.45) is 17.8 Å². The Kier molecular flexibility index (Phi) is 4.50. The van der Waals surface area contributed by atoms with Crippen molar-refractivity contribution in [3.8, 4) is 5.75 Å². The van der Waals surface area contributed by atoms with E-state index < -0.39 is 12.7 Å². The minimum atomic E-state index is -4.09. The second-order valence-corrected chi connectivity index (χ2v) is 7.76. The van der Waals surface area contributed by atoms with Crippen molar-refractivity contribution in [3.63, 3.8) is 0 Å². The van der Waals surface area contributed by atoms with Gasteiger partial charge in [-0.15, -0.1) is 0 Å². The Morgan fingerprint density at radius 3 is 2.62 bits per heavy atom. The molecule has 26 heavy (non-hydrogen) atoms. The molecule has 7 heteroatoms. The van der Waals surface area contributed by atoms with E-state index in [1.165, 1.54) is 0 Å². The molecule has 1 saturated carbocycles. The summed E-state index contributed by atoms with van der Waals surface area (Å²) in [6.07, 6.45) is 0.676. The topological polar surface area (TPSA) is 54.3 Å². The van der Waals surface area contributed by atoms with Crippen LogP contribution in [-0.2, 0) is 0 Å². The molecule has 1 aromatic carbocycles. The number of nitrogens with zero attached hydrogens (tertiary/aromatic N) is 1. The van der Waals surface area contributed by atoms with Crippen molar-refractivity contribution in [2.75, 3.05) is 32.0 Å². The Morgan fingerprint density at radius 1 is 1.19 bits per heavy atom. The minimum Gasteiger partial charge on any atom is -0.494 e. The monoisotopic (exact) mass is 367 g/mol. The van der Waals surface area contributed by atoms with E-state index in [9.17, 15) is 13.2 Å². The number of benzene rings is 1. The van der Waals surface area contributed by atoms with Gasteiger partial charge in [0.2, 0.25) is 0 Å². The molecule has 0 radical (unpaired) electrons. The first-order valence-corrected chi connectivity index (χ1v) is 9.16. The molecule has 2 aliphatic rings. The number of nitrogens with two attached hydrogens (primary N) is 1. The molecular weight excluding hydrogens is 343 g/mol. The number of hydrogen-bond donors (Lipinski definition) is 2. The van der Waals surface area contributed by atoms with Crippen LogP contribution in [0.15, 0.2) is 24.4 Å². The van der Waals surface area contributed by atoms with Gasteiger partial charge < -0.3 is 15.5 Å². The number of fused-ring (bicyclic) bond motifs is 2. The number of likely N-dealkylation sites (tertiary alicyclic amines) is 1. The Labute approximate surface area is 150 Å². The average Bonchev–Trinajstić information content (AvgIpc) is 3.20. The normalized spacial score (nSPS) is 26.5. The molecule has 1 saturated heterocycles. The van der Waals surface area contributed by atoms with Crippen molar-refractivity contribution in [3.05, 3.63) is 24.4 Å². The lowest BCUT2D eigenvalue weighted by Crippen LogP contribution is -2.33. The molecular formula is C19H24F3N3O. The maximum atomic E-state index is 12.5. The van der Waals surface area contributed by atoms with Crippen molar-refractivity contribution < 1.29 is 17.9 Å². The summed E-state index contributed by atoms with van der Waals surface area (Å²) in [6.45, 7) is 1.04. The number of rotatable bonds is 5. The molecule has 0 bridgehead atoms. The summed E-state index contributed by atoms with van der Waals surface area (Å²) >= 11 is 0. The van der Waals surface area contributed by atoms with Crippen LogP contribution in [0, 0.1) is 17.8 Å². The molecule has 2 fully saturated rings. The van der Waals surface area contributed by atoms with E-state index in [-0.39, 0.29) is 0 Å². The zero-order valence-electron chi connectivity index (χ0n) is 14.6. The van der Waals surface area contributed by atoms with Crippen molar-refractivity contribution >= 4 is 16.6 Å². The fraction of sp³-hybridized carbons (Fsp3) is 0.579. The molecule has 1 aliphatic carbocycles. The highest BCUT2D eigenvalue weighted by atomic mass is 19.4. The number of ether oxygens (including phenoxy) is 1. The van der Waals surface area contributed by atoms with Crippen LogP contribution in [0.5, 0.6) is 5.75 Å². The number of nitrogen functional groups attached to an aromatic ring is 1. The van der Waals surface area contributed by atoms with Gasteiger partial charge in [0.1, 0.15) is 5.75 Å². The van der Waals surface area contributed by atoms with Crippen LogP contribution in [0.25, 0.3) is 10.9 Å². The van der Waals surface area contributed by atoms with Crippen LogP contribution in [0.1, 0.15) is 19.3 Å². The molecule has 4 nitrogen and oxygen atoms in total. The molecule has 0 spiro atoms. The maximum Gasteiger partial charge on any atom is 0.401 e. The zero-order valence-corrected chi connectivity index (χ0v) is 14.6. The van der Waals surface area contributed by atoms with E-state index in [1.54, 1.807) is 11.1 Å². The molecule has 1 aromatic heterocycles. The van der Waals surface area contributed by atoms with E-state index in [0.29, 0.717) is 43.1 Å². The average molecular weight is 367 g/mol. The SMILES string of the molecule is Nc1c[nH]c2ccc(OCC[C@@H]3CC4CN(CC(F)(F)F)C[C@@H]4C3)cc12. The molecule has 3 atom stereocenters.